The van der Waals surface area contributed by atoms with Gasteiger partial charge in [-0.15, -0.1) is 0 Å². The van der Waals surface area contributed by atoms with E-state index < -0.39 is 0 Å². The summed E-state index contributed by atoms with van der Waals surface area (Å²) in [5, 5.41) is 0. The average Bonchev–Trinajstić information content (AvgIpc) is 2.44. The molecule has 1 heterocycles. The average molecular weight is 259 g/mol. The zero-order valence-corrected chi connectivity index (χ0v) is 10.9. The van der Waals surface area contributed by atoms with E-state index >= 15 is 0 Å². The minimum atomic E-state index is 0.389. The number of aromatic nitrogens is 2. The lowest BCUT2D eigenvalue weighted by atomic mass is 10.2. The Hall–Kier alpha value is -2.14. The standard InChI is InChI=1S/C14H17N3O2/c1-2-18-8-9-19-13-10-12(15)16-14(17-13)11-6-4-3-5-7-11/h3-7,10H,2,8-9H2,1H3,(H2,15,16,17). The molecule has 2 aromatic rings. The van der Waals surface area contributed by atoms with Crippen molar-refractivity contribution in [3.05, 3.63) is 36.4 Å². The van der Waals surface area contributed by atoms with E-state index in [0.717, 1.165) is 5.56 Å². The van der Waals surface area contributed by atoms with Crippen LogP contribution in [-0.4, -0.2) is 29.8 Å². The molecule has 2 rings (SSSR count). The van der Waals surface area contributed by atoms with Crippen LogP contribution in [-0.2, 0) is 4.74 Å². The van der Waals surface area contributed by atoms with Crippen molar-refractivity contribution in [2.24, 2.45) is 0 Å². The van der Waals surface area contributed by atoms with Gasteiger partial charge in [0.2, 0.25) is 5.88 Å². The number of anilines is 1. The van der Waals surface area contributed by atoms with Gasteiger partial charge in [0.1, 0.15) is 12.4 Å². The molecule has 5 nitrogen and oxygen atoms in total. The lowest BCUT2D eigenvalue weighted by Crippen LogP contribution is -2.08. The molecule has 0 saturated carbocycles. The van der Waals surface area contributed by atoms with E-state index in [0.29, 0.717) is 37.3 Å². The highest BCUT2D eigenvalue weighted by molar-refractivity contribution is 5.57. The molecule has 100 valence electrons. The van der Waals surface area contributed by atoms with Gasteiger partial charge in [-0.3, -0.25) is 0 Å². The van der Waals surface area contributed by atoms with Crippen LogP contribution in [0.15, 0.2) is 36.4 Å². The number of hydrogen-bond donors (Lipinski definition) is 1. The highest BCUT2D eigenvalue weighted by Crippen LogP contribution is 2.19. The van der Waals surface area contributed by atoms with Crippen LogP contribution in [0.2, 0.25) is 0 Å². The first-order chi connectivity index (χ1) is 9.29. The molecular weight excluding hydrogens is 242 g/mol. The van der Waals surface area contributed by atoms with E-state index in [2.05, 4.69) is 9.97 Å². The first-order valence-corrected chi connectivity index (χ1v) is 6.20. The van der Waals surface area contributed by atoms with Crippen molar-refractivity contribution in [3.63, 3.8) is 0 Å². The summed E-state index contributed by atoms with van der Waals surface area (Å²) < 4.78 is 10.7. The predicted molar refractivity (Wildman–Crippen MR) is 73.9 cm³/mol. The molecule has 0 fully saturated rings. The fourth-order valence-corrected chi connectivity index (χ4v) is 1.58. The van der Waals surface area contributed by atoms with Crippen molar-refractivity contribution in [3.8, 4) is 17.3 Å². The number of hydrogen-bond acceptors (Lipinski definition) is 5. The topological polar surface area (TPSA) is 70.3 Å². The van der Waals surface area contributed by atoms with Gasteiger partial charge >= 0.3 is 0 Å². The number of nitrogens with two attached hydrogens (primary N) is 1. The Bertz CT molecular complexity index is 517. The lowest BCUT2D eigenvalue weighted by Gasteiger charge is -2.08. The summed E-state index contributed by atoms with van der Waals surface area (Å²) in [5.41, 5.74) is 6.67. The molecular formula is C14H17N3O2. The van der Waals surface area contributed by atoms with Gasteiger partial charge in [-0.2, -0.15) is 4.98 Å². The molecule has 0 bridgehead atoms. The van der Waals surface area contributed by atoms with Gasteiger partial charge in [0.15, 0.2) is 5.82 Å². The van der Waals surface area contributed by atoms with E-state index in [1.54, 1.807) is 6.07 Å². The Labute approximate surface area is 112 Å². The summed E-state index contributed by atoms with van der Waals surface area (Å²) in [6.07, 6.45) is 0. The van der Waals surface area contributed by atoms with Crippen LogP contribution in [0.4, 0.5) is 5.82 Å². The Morgan fingerprint density at radius 2 is 1.89 bits per heavy atom. The number of benzene rings is 1. The van der Waals surface area contributed by atoms with Gasteiger partial charge in [0.25, 0.3) is 0 Å². The third-order valence-corrected chi connectivity index (χ3v) is 2.44. The molecule has 0 radical (unpaired) electrons. The Morgan fingerprint density at radius 3 is 2.63 bits per heavy atom. The third kappa shape index (κ3) is 3.93. The number of nitrogen functional groups attached to an aromatic ring is 1. The number of rotatable bonds is 6. The summed E-state index contributed by atoms with van der Waals surface area (Å²) in [6.45, 7) is 3.58. The number of nitrogens with zero attached hydrogens (tertiary/aromatic N) is 2. The smallest absolute Gasteiger partial charge is 0.219 e. The van der Waals surface area contributed by atoms with Gasteiger partial charge in [0, 0.05) is 18.2 Å². The fraction of sp³-hybridized carbons (Fsp3) is 0.286. The third-order valence-electron chi connectivity index (χ3n) is 2.44. The molecule has 0 aliphatic carbocycles. The van der Waals surface area contributed by atoms with Gasteiger partial charge in [-0.05, 0) is 6.92 Å². The van der Waals surface area contributed by atoms with E-state index in [1.807, 2.05) is 37.3 Å². The van der Waals surface area contributed by atoms with E-state index in [1.165, 1.54) is 0 Å². The maximum absolute atomic E-state index is 5.76. The van der Waals surface area contributed by atoms with Gasteiger partial charge in [-0.1, -0.05) is 30.3 Å². The fourth-order valence-electron chi connectivity index (χ4n) is 1.58. The number of ether oxygens (including phenoxy) is 2. The Morgan fingerprint density at radius 1 is 1.11 bits per heavy atom. The highest BCUT2D eigenvalue weighted by Gasteiger charge is 2.05. The summed E-state index contributed by atoms with van der Waals surface area (Å²) in [4.78, 5) is 8.54. The lowest BCUT2D eigenvalue weighted by molar-refractivity contribution is 0.108. The zero-order valence-electron chi connectivity index (χ0n) is 10.9. The largest absolute Gasteiger partial charge is 0.475 e. The second-order valence-electron chi connectivity index (χ2n) is 3.87. The SMILES string of the molecule is CCOCCOc1cc(N)nc(-c2ccccc2)n1. The van der Waals surface area contributed by atoms with Crippen molar-refractivity contribution in [1.29, 1.82) is 0 Å². The molecule has 1 aromatic heterocycles. The molecule has 0 spiro atoms. The summed E-state index contributed by atoms with van der Waals surface area (Å²) in [6, 6.07) is 11.3. The molecule has 1 aromatic carbocycles. The zero-order chi connectivity index (χ0) is 13.5. The Balaban J connectivity index is 2.11. The predicted octanol–water partition coefficient (Wildman–Crippen LogP) is 2.14. The monoisotopic (exact) mass is 259 g/mol. The van der Waals surface area contributed by atoms with Crippen LogP contribution < -0.4 is 10.5 Å². The van der Waals surface area contributed by atoms with E-state index in [4.69, 9.17) is 15.2 Å². The van der Waals surface area contributed by atoms with Crippen LogP contribution in [0.25, 0.3) is 11.4 Å². The minimum Gasteiger partial charge on any atom is -0.475 e. The van der Waals surface area contributed by atoms with Crippen LogP contribution in [0.3, 0.4) is 0 Å². The second kappa shape index (κ2) is 6.70. The van der Waals surface area contributed by atoms with Crippen LogP contribution in [0.5, 0.6) is 5.88 Å². The van der Waals surface area contributed by atoms with Crippen molar-refractivity contribution in [2.75, 3.05) is 25.6 Å². The first kappa shape index (κ1) is 13.3. The summed E-state index contributed by atoms with van der Waals surface area (Å²) >= 11 is 0. The maximum Gasteiger partial charge on any atom is 0.219 e. The maximum atomic E-state index is 5.76. The Kier molecular flexibility index (Phi) is 4.69. The summed E-state index contributed by atoms with van der Waals surface area (Å²) in [5.74, 6) is 1.42. The molecule has 19 heavy (non-hydrogen) atoms. The van der Waals surface area contributed by atoms with E-state index in [-0.39, 0.29) is 0 Å². The normalized spacial score (nSPS) is 10.4. The molecule has 0 aliphatic heterocycles. The quantitative estimate of drug-likeness (QED) is 0.805. The molecule has 0 saturated heterocycles. The molecule has 5 heteroatoms. The molecule has 2 N–H and O–H groups in total. The van der Waals surface area contributed by atoms with Gasteiger partial charge < -0.3 is 15.2 Å². The van der Waals surface area contributed by atoms with Gasteiger partial charge in [0.05, 0.1) is 6.61 Å². The molecule has 0 amide bonds. The molecule has 0 unspecified atom stereocenters. The van der Waals surface area contributed by atoms with Crippen molar-refractivity contribution >= 4 is 5.82 Å². The molecule has 0 atom stereocenters. The molecule has 0 aliphatic rings. The van der Waals surface area contributed by atoms with Crippen LogP contribution in [0.1, 0.15) is 6.92 Å². The second-order valence-corrected chi connectivity index (χ2v) is 3.87. The van der Waals surface area contributed by atoms with Crippen molar-refractivity contribution in [1.82, 2.24) is 9.97 Å². The van der Waals surface area contributed by atoms with E-state index in [9.17, 15) is 0 Å². The minimum absolute atomic E-state index is 0.389. The van der Waals surface area contributed by atoms with Gasteiger partial charge in [-0.25, -0.2) is 4.98 Å². The van der Waals surface area contributed by atoms with Crippen molar-refractivity contribution in [2.45, 2.75) is 6.92 Å². The highest BCUT2D eigenvalue weighted by atomic mass is 16.5. The van der Waals surface area contributed by atoms with Crippen LogP contribution >= 0.6 is 0 Å². The van der Waals surface area contributed by atoms with Crippen molar-refractivity contribution < 1.29 is 9.47 Å². The summed E-state index contributed by atoms with van der Waals surface area (Å²) in [7, 11) is 0. The first-order valence-electron chi connectivity index (χ1n) is 6.20. The van der Waals surface area contributed by atoms with Crippen LogP contribution in [0, 0.1) is 0 Å².